The molecule has 0 aliphatic carbocycles. The number of amides is 2. The third-order valence-electron chi connectivity index (χ3n) is 5.48. The van der Waals surface area contributed by atoms with Crippen molar-refractivity contribution in [3.05, 3.63) is 69.7 Å². The van der Waals surface area contributed by atoms with E-state index in [9.17, 15) is 9.59 Å². The molecule has 1 aromatic heterocycles. The number of aromatic nitrogens is 2. The van der Waals surface area contributed by atoms with E-state index in [-0.39, 0.29) is 17.7 Å². The van der Waals surface area contributed by atoms with Gasteiger partial charge >= 0.3 is 0 Å². The van der Waals surface area contributed by atoms with Gasteiger partial charge in [-0.1, -0.05) is 41.1 Å². The van der Waals surface area contributed by atoms with Crippen LogP contribution in [0.25, 0.3) is 0 Å². The highest BCUT2D eigenvalue weighted by Gasteiger charge is 2.28. The maximum atomic E-state index is 12.7. The molecule has 7 nitrogen and oxygen atoms in total. The molecule has 32 heavy (non-hydrogen) atoms. The number of likely N-dealkylation sites (tertiary alicyclic amines) is 1. The van der Waals surface area contributed by atoms with Gasteiger partial charge in [0.2, 0.25) is 11.0 Å². The lowest BCUT2D eigenvalue weighted by Crippen LogP contribution is -2.41. The Labute approximate surface area is 195 Å². The average molecular weight is 471 g/mol. The summed E-state index contributed by atoms with van der Waals surface area (Å²) in [5.74, 6) is 0.522. The van der Waals surface area contributed by atoms with E-state index in [4.69, 9.17) is 16.3 Å². The molecular weight excluding hydrogens is 448 g/mol. The fraction of sp³-hybridized carbons (Fsp3) is 0.304. The molecule has 0 atom stereocenters. The van der Waals surface area contributed by atoms with Crippen LogP contribution < -0.4 is 10.1 Å². The highest BCUT2D eigenvalue weighted by molar-refractivity contribution is 7.15. The molecular formula is C23H23ClN4O3S. The second-order valence-corrected chi connectivity index (χ2v) is 9.05. The highest BCUT2D eigenvalue weighted by Crippen LogP contribution is 2.26. The highest BCUT2D eigenvalue weighted by atomic mass is 35.5. The SMILES string of the molecule is COc1ccccc1Cc1nnc(NC(=O)C2CCN(C(=O)c3ccc(Cl)cc3)CC2)s1. The van der Waals surface area contributed by atoms with Crippen LogP contribution in [0.2, 0.25) is 5.02 Å². The molecule has 1 aliphatic rings. The number of benzene rings is 2. The molecule has 0 bridgehead atoms. The van der Waals surface area contributed by atoms with Crippen molar-refractivity contribution < 1.29 is 14.3 Å². The summed E-state index contributed by atoms with van der Waals surface area (Å²) in [6, 6.07) is 14.6. The number of ether oxygens (including phenoxy) is 1. The van der Waals surface area contributed by atoms with Gasteiger partial charge in [0.25, 0.3) is 5.91 Å². The summed E-state index contributed by atoms with van der Waals surface area (Å²) in [6.45, 7) is 1.07. The van der Waals surface area contributed by atoms with Gasteiger partial charge in [0.05, 0.1) is 7.11 Å². The number of hydrogen-bond acceptors (Lipinski definition) is 6. The summed E-state index contributed by atoms with van der Waals surface area (Å²) in [4.78, 5) is 27.1. The van der Waals surface area contributed by atoms with Gasteiger partial charge in [-0.15, -0.1) is 10.2 Å². The van der Waals surface area contributed by atoms with Crippen LogP contribution in [-0.4, -0.2) is 47.1 Å². The quantitative estimate of drug-likeness (QED) is 0.581. The number of rotatable bonds is 6. The summed E-state index contributed by atoms with van der Waals surface area (Å²) in [5, 5.41) is 13.1. The molecule has 2 heterocycles. The molecule has 2 aromatic carbocycles. The van der Waals surface area contributed by atoms with Crippen molar-refractivity contribution in [3.8, 4) is 5.75 Å². The zero-order valence-electron chi connectivity index (χ0n) is 17.6. The molecule has 0 spiro atoms. The normalized spacial score (nSPS) is 14.2. The summed E-state index contributed by atoms with van der Waals surface area (Å²) in [7, 11) is 1.64. The Morgan fingerprint density at radius 2 is 1.84 bits per heavy atom. The molecule has 1 fully saturated rings. The largest absolute Gasteiger partial charge is 0.496 e. The van der Waals surface area contributed by atoms with Gasteiger partial charge in [-0.05, 0) is 43.2 Å². The standard InChI is InChI=1S/C23H23ClN4O3S/c1-31-19-5-3-2-4-17(19)14-20-26-27-23(32-20)25-21(29)15-10-12-28(13-11-15)22(30)16-6-8-18(24)9-7-16/h2-9,15H,10-14H2,1H3,(H,25,27,29). The minimum Gasteiger partial charge on any atom is -0.496 e. The van der Waals surface area contributed by atoms with Crippen LogP contribution in [0.3, 0.4) is 0 Å². The van der Waals surface area contributed by atoms with Gasteiger partial charge in [-0.25, -0.2) is 0 Å². The summed E-state index contributed by atoms with van der Waals surface area (Å²) < 4.78 is 5.38. The zero-order chi connectivity index (χ0) is 22.5. The topological polar surface area (TPSA) is 84.4 Å². The van der Waals surface area contributed by atoms with Crippen LogP contribution in [0.1, 0.15) is 33.8 Å². The lowest BCUT2D eigenvalue weighted by molar-refractivity contribution is -0.121. The summed E-state index contributed by atoms with van der Waals surface area (Å²) in [5.41, 5.74) is 1.62. The van der Waals surface area contributed by atoms with Crippen molar-refractivity contribution in [1.82, 2.24) is 15.1 Å². The number of nitrogens with one attached hydrogen (secondary N) is 1. The molecule has 1 saturated heterocycles. The molecule has 0 radical (unpaired) electrons. The van der Waals surface area contributed by atoms with Gasteiger partial charge in [0, 0.05) is 41.6 Å². The minimum absolute atomic E-state index is 0.0365. The van der Waals surface area contributed by atoms with Crippen LogP contribution in [0.15, 0.2) is 48.5 Å². The third kappa shape index (κ3) is 5.26. The van der Waals surface area contributed by atoms with E-state index in [0.717, 1.165) is 16.3 Å². The smallest absolute Gasteiger partial charge is 0.253 e. The third-order valence-corrected chi connectivity index (χ3v) is 6.57. The maximum absolute atomic E-state index is 12.7. The van der Waals surface area contributed by atoms with Crippen molar-refractivity contribution in [2.24, 2.45) is 5.92 Å². The second kappa shape index (κ2) is 10.1. The Balaban J connectivity index is 1.30. The molecule has 1 N–H and O–H groups in total. The van der Waals surface area contributed by atoms with Crippen molar-refractivity contribution in [3.63, 3.8) is 0 Å². The van der Waals surface area contributed by atoms with E-state index < -0.39 is 0 Å². The number of methoxy groups -OCH3 is 1. The van der Waals surface area contributed by atoms with E-state index in [0.29, 0.717) is 48.1 Å². The first kappa shape index (κ1) is 22.2. The van der Waals surface area contributed by atoms with E-state index in [2.05, 4.69) is 15.5 Å². The first-order valence-corrected chi connectivity index (χ1v) is 11.5. The number of carbonyl (C=O) groups is 2. The van der Waals surface area contributed by atoms with Gasteiger partial charge < -0.3 is 15.0 Å². The monoisotopic (exact) mass is 470 g/mol. The fourth-order valence-corrected chi connectivity index (χ4v) is 4.61. The van der Waals surface area contributed by atoms with E-state index in [1.54, 1.807) is 36.3 Å². The van der Waals surface area contributed by atoms with Crippen molar-refractivity contribution >= 4 is 39.9 Å². The second-order valence-electron chi connectivity index (χ2n) is 7.55. The van der Waals surface area contributed by atoms with Gasteiger partial charge in [0.1, 0.15) is 10.8 Å². The number of nitrogens with zero attached hydrogens (tertiary/aromatic N) is 3. The number of hydrogen-bond donors (Lipinski definition) is 1. The molecule has 1 aliphatic heterocycles. The molecule has 0 unspecified atom stereocenters. The Morgan fingerprint density at radius 1 is 1.12 bits per heavy atom. The van der Waals surface area contributed by atoms with Crippen LogP contribution >= 0.6 is 22.9 Å². The number of para-hydroxylation sites is 1. The molecule has 9 heteroatoms. The zero-order valence-corrected chi connectivity index (χ0v) is 19.2. The fourth-order valence-electron chi connectivity index (χ4n) is 3.71. The predicted octanol–water partition coefficient (Wildman–Crippen LogP) is 4.28. The number of halogens is 1. The van der Waals surface area contributed by atoms with Crippen LogP contribution in [0, 0.1) is 5.92 Å². The summed E-state index contributed by atoms with van der Waals surface area (Å²) in [6.07, 6.45) is 1.80. The average Bonchev–Trinajstić information content (AvgIpc) is 3.26. The number of anilines is 1. The Morgan fingerprint density at radius 3 is 2.56 bits per heavy atom. The van der Waals surface area contributed by atoms with Crippen LogP contribution in [-0.2, 0) is 11.2 Å². The van der Waals surface area contributed by atoms with E-state index in [1.807, 2.05) is 24.3 Å². The molecule has 4 rings (SSSR count). The first-order valence-electron chi connectivity index (χ1n) is 10.3. The Bertz CT molecular complexity index is 1090. The minimum atomic E-state index is -0.161. The van der Waals surface area contributed by atoms with Gasteiger partial charge in [0.15, 0.2) is 0 Å². The molecule has 166 valence electrons. The van der Waals surface area contributed by atoms with E-state index >= 15 is 0 Å². The van der Waals surface area contributed by atoms with Crippen LogP contribution in [0.5, 0.6) is 5.75 Å². The first-order chi connectivity index (χ1) is 15.5. The molecule has 2 amide bonds. The number of piperidine rings is 1. The Hall–Kier alpha value is -2.97. The van der Waals surface area contributed by atoms with Gasteiger partial charge in [-0.3, -0.25) is 9.59 Å². The van der Waals surface area contributed by atoms with Crippen molar-refractivity contribution in [1.29, 1.82) is 0 Å². The lowest BCUT2D eigenvalue weighted by atomic mass is 9.95. The van der Waals surface area contributed by atoms with Gasteiger partial charge in [-0.2, -0.15) is 0 Å². The Kier molecular flexibility index (Phi) is 7.02. The maximum Gasteiger partial charge on any atom is 0.253 e. The number of carbonyl (C=O) groups excluding carboxylic acids is 2. The predicted molar refractivity (Wildman–Crippen MR) is 124 cm³/mol. The van der Waals surface area contributed by atoms with E-state index in [1.165, 1.54) is 11.3 Å². The molecule has 3 aromatic rings. The summed E-state index contributed by atoms with van der Waals surface area (Å²) >= 11 is 7.25. The molecule has 0 saturated carbocycles. The lowest BCUT2D eigenvalue weighted by Gasteiger charge is -2.31. The van der Waals surface area contributed by atoms with Crippen LogP contribution in [0.4, 0.5) is 5.13 Å². The van der Waals surface area contributed by atoms with Crippen molar-refractivity contribution in [2.45, 2.75) is 19.3 Å². The van der Waals surface area contributed by atoms with Crippen molar-refractivity contribution in [2.75, 3.05) is 25.5 Å².